The molecule has 0 atom stereocenters. The van der Waals surface area contributed by atoms with Gasteiger partial charge in [0.1, 0.15) is 6.61 Å². The summed E-state index contributed by atoms with van der Waals surface area (Å²) in [4.78, 5) is 0. The molecule has 2 aromatic carbocycles. The number of aliphatic hydroxyl groups excluding tert-OH is 1. The largest absolute Gasteiger partial charge is 0.402 e. The van der Waals surface area contributed by atoms with Crippen molar-refractivity contribution in [2.24, 2.45) is 5.41 Å². The first-order chi connectivity index (χ1) is 14.6. The van der Waals surface area contributed by atoms with E-state index in [4.69, 9.17) is 4.43 Å². The van der Waals surface area contributed by atoms with Crippen molar-refractivity contribution >= 4 is 18.7 Å². The maximum Gasteiger partial charge on any atom is 0.261 e. The summed E-state index contributed by atoms with van der Waals surface area (Å²) in [6.45, 7) is 13.1. The monoisotopic (exact) mass is 430 g/mol. The van der Waals surface area contributed by atoms with Gasteiger partial charge in [0.05, 0.1) is 6.61 Å². The number of aliphatic hydroxyl groups is 1. The average Bonchev–Trinajstić information content (AvgIpc) is 2.71. The SMILES string of the molecule is CC(C)(C)C#C/C=C(\C#CCO)CO[Si](c1ccccc1)(c1ccccc1)C(C)(C)C. The molecule has 0 unspecified atom stereocenters. The van der Waals surface area contributed by atoms with Crippen LogP contribution in [0.1, 0.15) is 41.5 Å². The molecule has 0 spiro atoms. The minimum Gasteiger partial charge on any atom is -0.402 e. The predicted molar refractivity (Wildman–Crippen MR) is 134 cm³/mol. The van der Waals surface area contributed by atoms with Crippen LogP contribution in [0.2, 0.25) is 5.04 Å². The zero-order valence-electron chi connectivity index (χ0n) is 19.6. The zero-order valence-corrected chi connectivity index (χ0v) is 20.6. The highest BCUT2D eigenvalue weighted by Gasteiger charge is 2.50. The molecule has 162 valence electrons. The smallest absolute Gasteiger partial charge is 0.261 e. The zero-order chi connectivity index (χ0) is 23.0. The molecule has 0 fully saturated rings. The Morgan fingerprint density at radius 3 is 1.84 bits per heavy atom. The molecule has 0 saturated carbocycles. The fourth-order valence-corrected chi connectivity index (χ4v) is 8.08. The Morgan fingerprint density at radius 1 is 0.903 bits per heavy atom. The van der Waals surface area contributed by atoms with Crippen LogP contribution in [-0.4, -0.2) is 26.6 Å². The summed E-state index contributed by atoms with van der Waals surface area (Å²) in [6.07, 6.45) is 1.83. The number of hydrogen-bond acceptors (Lipinski definition) is 2. The Hall–Kier alpha value is -2.56. The van der Waals surface area contributed by atoms with Gasteiger partial charge in [-0.1, -0.05) is 105 Å². The van der Waals surface area contributed by atoms with Gasteiger partial charge >= 0.3 is 0 Å². The van der Waals surface area contributed by atoms with Crippen LogP contribution in [0.3, 0.4) is 0 Å². The Balaban J connectivity index is 2.57. The lowest BCUT2D eigenvalue weighted by Crippen LogP contribution is -2.66. The second-order valence-electron chi connectivity index (χ2n) is 9.60. The van der Waals surface area contributed by atoms with Gasteiger partial charge in [-0.05, 0) is 36.2 Å². The summed E-state index contributed by atoms with van der Waals surface area (Å²) < 4.78 is 6.93. The van der Waals surface area contributed by atoms with E-state index >= 15 is 0 Å². The lowest BCUT2D eigenvalue weighted by Gasteiger charge is -2.43. The van der Waals surface area contributed by atoms with Crippen LogP contribution in [0.15, 0.2) is 72.3 Å². The third-order valence-electron chi connectivity index (χ3n) is 4.88. The van der Waals surface area contributed by atoms with Gasteiger partial charge in [-0.25, -0.2) is 0 Å². The summed E-state index contributed by atoms with van der Waals surface area (Å²) in [5, 5.41) is 11.6. The molecule has 1 N–H and O–H groups in total. The van der Waals surface area contributed by atoms with E-state index in [-0.39, 0.29) is 17.1 Å². The lowest BCUT2D eigenvalue weighted by atomic mass is 9.98. The average molecular weight is 431 g/mol. The Labute approximate surface area is 189 Å². The standard InChI is InChI=1S/C28H34O2Si/c1-27(2,3)21-13-15-24(16-14-22-29)23-30-31(28(4,5)6,25-17-9-7-10-18-25)26-19-11-8-12-20-26/h7-12,15,17-20,29H,22-23H2,1-6H3/b24-15+. The van der Waals surface area contributed by atoms with E-state index in [0.29, 0.717) is 6.61 Å². The van der Waals surface area contributed by atoms with E-state index < -0.39 is 8.32 Å². The first kappa shape index (κ1) is 24.7. The van der Waals surface area contributed by atoms with Crippen LogP contribution < -0.4 is 10.4 Å². The molecule has 0 radical (unpaired) electrons. The summed E-state index contributed by atoms with van der Waals surface area (Å²) in [7, 11) is -2.65. The highest BCUT2D eigenvalue weighted by atomic mass is 28.4. The number of hydrogen-bond donors (Lipinski definition) is 1. The van der Waals surface area contributed by atoms with Gasteiger partial charge in [-0.15, -0.1) is 0 Å². The first-order valence-electron chi connectivity index (χ1n) is 10.7. The molecule has 31 heavy (non-hydrogen) atoms. The van der Waals surface area contributed by atoms with Gasteiger partial charge in [0.25, 0.3) is 8.32 Å². The third-order valence-corrected chi connectivity index (χ3v) is 9.87. The fourth-order valence-electron chi connectivity index (χ4n) is 3.55. The molecule has 0 aliphatic heterocycles. The molecular weight excluding hydrogens is 396 g/mol. The highest BCUT2D eigenvalue weighted by molar-refractivity contribution is 6.99. The van der Waals surface area contributed by atoms with Gasteiger partial charge < -0.3 is 9.53 Å². The van der Waals surface area contributed by atoms with Crippen LogP contribution >= 0.6 is 0 Å². The van der Waals surface area contributed by atoms with Crippen LogP contribution in [0.4, 0.5) is 0 Å². The third kappa shape index (κ3) is 6.71. The minimum absolute atomic E-state index is 0.0924. The topological polar surface area (TPSA) is 29.5 Å². The summed E-state index contributed by atoms with van der Waals surface area (Å²) in [6, 6.07) is 21.1. The second kappa shape index (κ2) is 10.6. The Morgan fingerprint density at radius 2 is 1.42 bits per heavy atom. The molecule has 2 nitrogen and oxygen atoms in total. The summed E-state index contributed by atoms with van der Waals surface area (Å²) in [5.41, 5.74) is 0.684. The number of allylic oxidation sites excluding steroid dienone is 1. The van der Waals surface area contributed by atoms with Gasteiger partial charge in [0.15, 0.2) is 0 Å². The van der Waals surface area contributed by atoms with E-state index in [0.717, 1.165) is 5.57 Å². The van der Waals surface area contributed by atoms with Crippen molar-refractivity contribution in [3.8, 4) is 23.7 Å². The molecule has 2 rings (SSSR count). The van der Waals surface area contributed by atoms with Crippen LogP contribution in [0, 0.1) is 29.1 Å². The molecule has 3 heteroatoms. The number of rotatable bonds is 5. The highest BCUT2D eigenvalue weighted by Crippen LogP contribution is 2.36. The summed E-state index contributed by atoms with van der Waals surface area (Å²) in [5.74, 6) is 12.1. The maximum absolute atomic E-state index is 9.21. The lowest BCUT2D eigenvalue weighted by molar-refractivity contribution is 0.333. The first-order valence-corrected chi connectivity index (χ1v) is 12.6. The predicted octanol–water partition coefficient (Wildman–Crippen LogP) is 4.53. The van der Waals surface area contributed by atoms with Crippen LogP contribution in [-0.2, 0) is 4.43 Å². The molecule has 0 heterocycles. The van der Waals surface area contributed by atoms with E-state index in [1.165, 1.54) is 10.4 Å². The molecule has 0 aliphatic rings. The fraction of sp³-hybridized carbons (Fsp3) is 0.357. The molecule has 0 bridgehead atoms. The van der Waals surface area contributed by atoms with Gasteiger partial charge in [-0.3, -0.25) is 0 Å². The molecule has 0 aromatic heterocycles. The Kier molecular flexibility index (Phi) is 8.49. The maximum atomic E-state index is 9.21. The van der Waals surface area contributed by atoms with Crippen molar-refractivity contribution in [1.29, 1.82) is 0 Å². The van der Waals surface area contributed by atoms with Crippen molar-refractivity contribution in [2.45, 2.75) is 46.6 Å². The van der Waals surface area contributed by atoms with E-state index in [1.807, 2.05) is 18.2 Å². The van der Waals surface area contributed by atoms with Crippen molar-refractivity contribution in [1.82, 2.24) is 0 Å². The summed E-state index contributed by atoms with van der Waals surface area (Å²) >= 11 is 0. The minimum atomic E-state index is -2.65. The van der Waals surface area contributed by atoms with Crippen molar-refractivity contribution in [3.05, 3.63) is 72.3 Å². The van der Waals surface area contributed by atoms with E-state index in [2.05, 4.69) is 114 Å². The van der Waals surface area contributed by atoms with Gasteiger partial charge in [-0.2, -0.15) is 0 Å². The van der Waals surface area contributed by atoms with E-state index in [9.17, 15) is 5.11 Å². The van der Waals surface area contributed by atoms with Gasteiger partial charge in [0, 0.05) is 17.1 Å². The normalized spacial score (nSPS) is 12.4. The van der Waals surface area contributed by atoms with Crippen molar-refractivity contribution < 1.29 is 9.53 Å². The number of benzene rings is 2. The van der Waals surface area contributed by atoms with Crippen molar-refractivity contribution in [3.63, 3.8) is 0 Å². The molecule has 0 aliphatic carbocycles. The molecule has 0 amide bonds. The van der Waals surface area contributed by atoms with Crippen LogP contribution in [0.25, 0.3) is 0 Å². The quantitative estimate of drug-likeness (QED) is 0.558. The van der Waals surface area contributed by atoms with Gasteiger partial charge in [0.2, 0.25) is 0 Å². The molecular formula is C28H34O2Si. The van der Waals surface area contributed by atoms with Crippen molar-refractivity contribution in [2.75, 3.05) is 13.2 Å². The molecule has 2 aromatic rings. The van der Waals surface area contributed by atoms with E-state index in [1.54, 1.807) is 0 Å². The van der Waals surface area contributed by atoms with Crippen LogP contribution in [0.5, 0.6) is 0 Å². The molecule has 0 saturated heterocycles. The second-order valence-corrected chi connectivity index (χ2v) is 13.9. The Bertz CT molecular complexity index is 946.